The summed E-state index contributed by atoms with van der Waals surface area (Å²) < 4.78 is 5.46. The lowest BCUT2D eigenvalue weighted by Gasteiger charge is -2.42. The van der Waals surface area contributed by atoms with Gasteiger partial charge in [-0.25, -0.2) is 0 Å². The molecule has 2 atom stereocenters. The normalized spacial score (nSPS) is 26.4. The molecule has 2 fully saturated rings. The van der Waals surface area contributed by atoms with Crippen LogP contribution in [-0.2, 0) is 4.79 Å². The van der Waals surface area contributed by atoms with Crippen LogP contribution >= 0.6 is 0 Å². The maximum Gasteiger partial charge on any atom is 0.145 e. The van der Waals surface area contributed by atoms with Crippen LogP contribution in [0.1, 0.15) is 5.56 Å². The Morgan fingerprint density at radius 3 is 2.58 bits per heavy atom. The Hall–Kier alpha value is -1.55. The summed E-state index contributed by atoms with van der Waals surface area (Å²) in [4.78, 5) is 14.4. The molecule has 1 aromatic carbocycles. The Bertz CT molecular complexity index is 485. The zero-order chi connectivity index (χ0) is 13.4. The van der Waals surface area contributed by atoms with E-state index in [2.05, 4.69) is 29.3 Å². The van der Waals surface area contributed by atoms with Crippen LogP contribution in [0.2, 0.25) is 0 Å². The number of aryl methyl sites for hydroxylation is 1. The first kappa shape index (κ1) is 12.5. The van der Waals surface area contributed by atoms with Crippen molar-refractivity contribution in [2.45, 2.75) is 6.92 Å². The van der Waals surface area contributed by atoms with E-state index in [-0.39, 0.29) is 11.8 Å². The Kier molecular flexibility index (Phi) is 3.19. The van der Waals surface area contributed by atoms with Crippen molar-refractivity contribution in [3.63, 3.8) is 0 Å². The number of methoxy groups -OCH3 is 1. The van der Waals surface area contributed by atoms with Crippen molar-refractivity contribution in [3.05, 3.63) is 23.8 Å². The van der Waals surface area contributed by atoms with Crippen LogP contribution in [0.5, 0.6) is 5.75 Å². The lowest BCUT2D eigenvalue weighted by Crippen LogP contribution is -2.57. The molecule has 0 aliphatic carbocycles. The smallest absolute Gasteiger partial charge is 0.145 e. The number of piperidine rings is 2. The summed E-state index contributed by atoms with van der Waals surface area (Å²) >= 11 is 0. The van der Waals surface area contributed by atoms with E-state index in [0.717, 1.165) is 37.6 Å². The number of Topliss-reactive ketones (excluding diaryl/α,β-unsaturated/α-hetero) is 1. The maximum atomic E-state index is 12.1. The predicted molar refractivity (Wildman–Crippen MR) is 74.8 cm³/mol. The van der Waals surface area contributed by atoms with Gasteiger partial charge in [-0.05, 0) is 24.6 Å². The third-order valence-corrected chi connectivity index (χ3v) is 4.14. The molecule has 2 unspecified atom stereocenters. The van der Waals surface area contributed by atoms with E-state index in [1.807, 2.05) is 6.07 Å². The quantitative estimate of drug-likeness (QED) is 0.868. The van der Waals surface area contributed by atoms with Gasteiger partial charge in [-0.1, -0.05) is 6.07 Å². The topological polar surface area (TPSA) is 41.6 Å². The minimum Gasteiger partial charge on any atom is -0.495 e. The molecule has 2 aliphatic heterocycles. The van der Waals surface area contributed by atoms with Gasteiger partial charge in [0.15, 0.2) is 0 Å². The summed E-state index contributed by atoms with van der Waals surface area (Å²) in [6.45, 7) is 5.28. The van der Waals surface area contributed by atoms with Gasteiger partial charge in [0, 0.05) is 38.0 Å². The fraction of sp³-hybridized carbons (Fsp3) is 0.533. The van der Waals surface area contributed by atoms with E-state index < -0.39 is 0 Å². The maximum absolute atomic E-state index is 12.1. The highest BCUT2D eigenvalue weighted by Gasteiger charge is 2.38. The van der Waals surface area contributed by atoms with Gasteiger partial charge in [0.1, 0.15) is 11.5 Å². The molecule has 1 aromatic rings. The number of anilines is 1. The minimum atomic E-state index is 0.123. The molecular formula is C15H20N2O2. The third-order valence-electron chi connectivity index (χ3n) is 4.14. The van der Waals surface area contributed by atoms with Crippen molar-refractivity contribution in [1.29, 1.82) is 0 Å². The summed E-state index contributed by atoms with van der Waals surface area (Å²) in [6.07, 6.45) is 0. The average Bonchev–Trinajstić information content (AvgIpc) is 2.38. The van der Waals surface area contributed by atoms with Crippen molar-refractivity contribution in [1.82, 2.24) is 5.32 Å². The van der Waals surface area contributed by atoms with Crippen molar-refractivity contribution in [2.24, 2.45) is 11.8 Å². The van der Waals surface area contributed by atoms with E-state index in [4.69, 9.17) is 4.74 Å². The number of fused-ring (bicyclic) bond motifs is 2. The lowest BCUT2D eigenvalue weighted by molar-refractivity contribution is -0.129. The molecule has 0 amide bonds. The van der Waals surface area contributed by atoms with E-state index in [0.29, 0.717) is 5.78 Å². The molecule has 0 radical (unpaired) electrons. The van der Waals surface area contributed by atoms with E-state index in [9.17, 15) is 4.79 Å². The largest absolute Gasteiger partial charge is 0.495 e. The third kappa shape index (κ3) is 2.21. The fourth-order valence-corrected chi connectivity index (χ4v) is 3.13. The van der Waals surface area contributed by atoms with Gasteiger partial charge >= 0.3 is 0 Å². The second-order valence-electron chi connectivity index (χ2n) is 5.53. The molecule has 1 N–H and O–H groups in total. The zero-order valence-electron chi connectivity index (χ0n) is 11.5. The summed E-state index contributed by atoms with van der Waals surface area (Å²) in [7, 11) is 1.70. The van der Waals surface area contributed by atoms with Crippen molar-refractivity contribution in [3.8, 4) is 5.75 Å². The van der Waals surface area contributed by atoms with Crippen LogP contribution < -0.4 is 15.0 Å². The zero-order valence-corrected chi connectivity index (χ0v) is 11.5. The van der Waals surface area contributed by atoms with Gasteiger partial charge in [-0.15, -0.1) is 0 Å². The second-order valence-corrected chi connectivity index (χ2v) is 5.53. The number of nitrogens with one attached hydrogen (secondary N) is 1. The molecule has 4 heteroatoms. The van der Waals surface area contributed by atoms with Gasteiger partial charge in [0.05, 0.1) is 12.8 Å². The number of ether oxygens (including phenoxy) is 1. The molecular weight excluding hydrogens is 240 g/mol. The highest BCUT2D eigenvalue weighted by atomic mass is 16.5. The van der Waals surface area contributed by atoms with Crippen molar-refractivity contribution in [2.75, 3.05) is 38.2 Å². The lowest BCUT2D eigenvalue weighted by atomic mass is 9.84. The molecule has 2 aliphatic rings. The van der Waals surface area contributed by atoms with Crippen LogP contribution in [0.25, 0.3) is 0 Å². The van der Waals surface area contributed by atoms with Gasteiger partial charge in [0.2, 0.25) is 0 Å². The summed E-state index contributed by atoms with van der Waals surface area (Å²) in [5, 5.41) is 3.35. The average molecular weight is 260 g/mol. The standard InChI is InChI=1S/C15H20N2O2/c1-10-3-4-14(19-2)13(5-10)17-8-11-6-16-7-12(9-17)15(11)18/h3-5,11-12,16H,6-9H2,1-2H3. The van der Waals surface area contributed by atoms with Crippen LogP contribution in [-0.4, -0.2) is 39.1 Å². The molecule has 19 heavy (non-hydrogen) atoms. The fourth-order valence-electron chi connectivity index (χ4n) is 3.13. The van der Waals surface area contributed by atoms with Crippen molar-refractivity contribution < 1.29 is 9.53 Å². The van der Waals surface area contributed by atoms with Crippen molar-refractivity contribution >= 4 is 11.5 Å². The predicted octanol–water partition coefficient (Wildman–Crippen LogP) is 1.23. The number of carbonyl (C=O) groups is 1. The number of hydrogen-bond acceptors (Lipinski definition) is 4. The first-order chi connectivity index (χ1) is 9.19. The molecule has 4 nitrogen and oxygen atoms in total. The van der Waals surface area contributed by atoms with E-state index >= 15 is 0 Å². The van der Waals surface area contributed by atoms with Crippen LogP contribution in [0.15, 0.2) is 18.2 Å². The Labute approximate surface area is 113 Å². The monoisotopic (exact) mass is 260 g/mol. The summed E-state index contributed by atoms with van der Waals surface area (Å²) in [5.41, 5.74) is 2.34. The van der Waals surface area contributed by atoms with Gasteiger partial charge < -0.3 is 15.0 Å². The Balaban J connectivity index is 1.91. The van der Waals surface area contributed by atoms with Gasteiger partial charge in [0.25, 0.3) is 0 Å². The number of benzene rings is 1. The van der Waals surface area contributed by atoms with Crippen LogP contribution in [0, 0.1) is 18.8 Å². The summed E-state index contributed by atoms with van der Waals surface area (Å²) in [6, 6.07) is 6.22. The minimum absolute atomic E-state index is 0.123. The number of rotatable bonds is 2. The molecule has 3 rings (SSSR count). The van der Waals surface area contributed by atoms with Gasteiger partial charge in [-0.2, -0.15) is 0 Å². The SMILES string of the molecule is COc1ccc(C)cc1N1CC2CNCC(C1)C2=O. The number of carbonyl (C=O) groups excluding carboxylic acids is 1. The molecule has 0 saturated carbocycles. The van der Waals surface area contributed by atoms with E-state index in [1.165, 1.54) is 5.56 Å². The number of hydrogen-bond donors (Lipinski definition) is 1. The van der Waals surface area contributed by atoms with Crippen LogP contribution in [0.4, 0.5) is 5.69 Å². The van der Waals surface area contributed by atoms with E-state index in [1.54, 1.807) is 7.11 Å². The highest BCUT2D eigenvalue weighted by molar-refractivity contribution is 5.87. The second kappa shape index (κ2) is 4.85. The molecule has 0 spiro atoms. The molecule has 0 aromatic heterocycles. The molecule has 102 valence electrons. The van der Waals surface area contributed by atoms with Crippen LogP contribution in [0.3, 0.4) is 0 Å². The Morgan fingerprint density at radius 1 is 1.26 bits per heavy atom. The molecule has 2 saturated heterocycles. The molecule has 2 bridgehead atoms. The summed E-state index contributed by atoms with van der Waals surface area (Å²) in [5.74, 6) is 1.57. The highest BCUT2D eigenvalue weighted by Crippen LogP contribution is 2.33. The Morgan fingerprint density at radius 2 is 1.95 bits per heavy atom. The number of nitrogens with zero attached hydrogens (tertiary/aromatic N) is 1. The first-order valence-electron chi connectivity index (χ1n) is 6.83. The number of ketones is 1. The molecule has 2 heterocycles. The van der Waals surface area contributed by atoms with Gasteiger partial charge in [-0.3, -0.25) is 4.79 Å². The first-order valence-corrected chi connectivity index (χ1v) is 6.83.